The van der Waals surface area contributed by atoms with Crippen molar-refractivity contribution < 1.29 is 23.8 Å². The second-order valence-corrected chi connectivity index (χ2v) is 5.93. The molecular formula is C21H22N2O5. The van der Waals surface area contributed by atoms with Gasteiger partial charge in [0.05, 0.1) is 32.3 Å². The number of hydrogen-bond acceptors (Lipinski definition) is 6. The number of nitriles is 1. The van der Waals surface area contributed by atoms with Crippen LogP contribution < -0.4 is 14.4 Å². The summed E-state index contributed by atoms with van der Waals surface area (Å²) in [5.74, 6) is -0.192. The number of benzene rings is 2. The number of esters is 1. The number of carbonyl (C=O) groups excluding carboxylic acids is 2. The standard InChI is InChI=1S/C21H22N2O5/c1-15-5-8-17(9-6-15)23(12-4-11-22)20(24)14-28-21(25)16-7-10-18(26-2)19(13-16)27-3/h5-10,13H,4,12,14H2,1-3H3. The number of nitrogens with zero attached hydrogens (tertiary/aromatic N) is 2. The SMILES string of the molecule is COc1ccc(C(=O)OCC(=O)N(CCC#N)c2ccc(C)cc2)cc1OC. The first-order chi connectivity index (χ1) is 13.5. The van der Waals surface area contributed by atoms with Crippen molar-refractivity contribution in [1.82, 2.24) is 0 Å². The van der Waals surface area contributed by atoms with Crippen LogP contribution in [-0.2, 0) is 9.53 Å². The Morgan fingerprint density at radius 3 is 2.32 bits per heavy atom. The van der Waals surface area contributed by atoms with Gasteiger partial charge in [-0.2, -0.15) is 5.26 Å². The fraction of sp³-hybridized carbons (Fsp3) is 0.286. The lowest BCUT2D eigenvalue weighted by Gasteiger charge is -2.22. The van der Waals surface area contributed by atoms with Crippen molar-refractivity contribution in [2.45, 2.75) is 13.3 Å². The maximum atomic E-state index is 12.6. The van der Waals surface area contributed by atoms with Crippen LogP contribution in [0.1, 0.15) is 22.3 Å². The fourth-order valence-corrected chi connectivity index (χ4v) is 2.54. The molecule has 2 aromatic rings. The van der Waals surface area contributed by atoms with Gasteiger partial charge in [-0.1, -0.05) is 17.7 Å². The van der Waals surface area contributed by atoms with Crippen molar-refractivity contribution >= 4 is 17.6 Å². The molecule has 0 atom stereocenters. The van der Waals surface area contributed by atoms with Gasteiger partial charge in [-0.15, -0.1) is 0 Å². The highest BCUT2D eigenvalue weighted by molar-refractivity contribution is 5.97. The van der Waals surface area contributed by atoms with Crippen LogP contribution in [0.5, 0.6) is 11.5 Å². The molecule has 0 aliphatic rings. The molecule has 0 fully saturated rings. The number of anilines is 1. The maximum absolute atomic E-state index is 12.6. The Morgan fingerprint density at radius 2 is 1.71 bits per heavy atom. The summed E-state index contributed by atoms with van der Waals surface area (Å²) >= 11 is 0. The van der Waals surface area contributed by atoms with E-state index in [4.69, 9.17) is 19.5 Å². The molecule has 0 bridgehead atoms. The van der Waals surface area contributed by atoms with Crippen molar-refractivity contribution in [3.63, 3.8) is 0 Å². The molecule has 0 N–H and O–H groups in total. The van der Waals surface area contributed by atoms with Crippen LogP contribution in [0.2, 0.25) is 0 Å². The molecule has 28 heavy (non-hydrogen) atoms. The maximum Gasteiger partial charge on any atom is 0.338 e. The molecule has 0 unspecified atom stereocenters. The molecule has 0 aromatic heterocycles. The first kappa shape index (κ1) is 20.8. The number of ether oxygens (including phenoxy) is 3. The average Bonchev–Trinajstić information content (AvgIpc) is 2.72. The third kappa shape index (κ3) is 5.24. The predicted octanol–water partition coefficient (Wildman–Crippen LogP) is 3.12. The van der Waals surface area contributed by atoms with Crippen LogP contribution in [0.4, 0.5) is 5.69 Å². The highest BCUT2D eigenvalue weighted by atomic mass is 16.5. The van der Waals surface area contributed by atoms with E-state index in [0.717, 1.165) is 5.56 Å². The lowest BCUT2D eigenvalue weighted by atomic mass is 10.2. The van der Waals surface area contributed by atoms with Crippen LogP contribution in [0.15, 0.2) is 42.5 Å². The Balaban J connectivity index is 2.08. The van der Waals surface area contributed by atoms with Gasteiger partial charge in [0.2, 0.25) is 0 Å². The highest BCUT2D eigenvalue weighted by Crippen LogP contribution is 2.27. The summed E-state index contributed by atoms with van der Waals surface area (Å²) in [4.78, 5) is 26.3. The topological polar surface area (TPSA) is 88.9 Å². The first-order valence-corrected chi connectivity index (χ1v) is 8.63. The molecule has 7 heteroatoms. The molecule has 0 aliphatic heterocycles. The molecule has 2 aromatic carbocycles. The van der Waals surface area contributed by atoms with Crippen molar-refractivity contribution in [1.29, 1.82) is 5.26 Å². The Kier molecular flexibility index (Phi) is 7.40. The molecule has 0 aliphatic carbocycles. The molecule has 0 heterocycles. The van der Waals surface area contributed by atoms with E-state index in [1.807, 2.05) is 25.1 Å². The van der Waals surface area contributed by atoms with E-state index in [-0.39, 0.29) is 18.5 Å². The monoisotopic (exact) mass is 382 g/mol. The number of aryl methyl sites for hydroxylation is 1. The van der Waals surface area contributed by atoms with Gasteiger partial charge >= 0.3 is 5.97 Å². The number of amides is 1. The molecule has 0 saturated heterocycles. The summed E-state index contributed by atoms with van der Waals surface area (Å²) in [6, 6.07) is 14.0. The second kappa shape index (κ2) is 9.97. The third-order valence-electron chi connectivity index (χ3n) is 4.04. The largest absolute Gasteiger partial charge is 0.493 e. The van der Waals surface area contributed by atoms with E-state index in [0.29, 0.717) is 17.2 Å². The Hall–Kier alpha value is -3.53. The van der Waals surface area contributed by atoms with Crippen molar-refractivity contribution in [2.24, 2.45) is 0 Å². The summed E-state index contributed by atoms with van der Waals surface area (Å²) < 4.78 is 15.5. The van der Waals surface area contributed by atoms with E-state index in [1.54, 1.807) is 18.2 Å². The van der Waals surface area contributed by atoms with Gasteiger partial charge < -0.3 is 19.1 Å². The summed E-state index contributed by atoms with van der Waals surface area (Å²) in [5.41, 5.74) is 1.94. The van der Waals surface area contributed by atoms with Crippen LogP contribution >= 0.6 is 0 Å². The van der Waals surface area contributed by atoms with Gasteiger partial charge in [0.15, 0.2) is 18.1 Å². The van der Waals surface area contributed by atoms with Gasteiger partial charge in [0.25, 0.3) is 5.91 Å². The molecule has 1 amide bonds. The van der Waals surface area contributed by atoms with Crippen LogP contribution in [0, 0.1) is 18.3 Å². The van der Waals surface area contributed by atoms with Gasteiger partial charge in [0, 0.05) is 12.2 Å². The van der Waals surface area contributed by atoms with Crippen LogP contribution in [-0.4, -0.2) is 39.2 Å². The zero-order chi connectivity index (χ0) is 20.5. The fourth-order valence-electron chi connectivity index (χ4n) is 2.54. The first-order valence-electron chi connectivity index (χ1n) is 8.63. The average molecular weight is 382 g/mol. The van der Waals surface area contributed by atoms with Gasteiger partial charge in [-0.3, -0.25) is 4.79 Å². The second-order valence-electron chi connectivity index (χ2n) is 5.93. The zero-order valence-electron chi connectivity index (χ0n) is 16.1. The zero-order valence-corrected chi connectivity index (χ0v) is 16.1. The lowest BCUT2D eigenvalue weighted by Crippen LogP contribution is -2.35. The van der Waals surface area contributed by atoms with Crippen molar-refractivity contribution in [2.75, 3.05) is 32.3 Å². The number of carbonyl (C=O) groups is 2. The molecule has 146 valence electrons. The number of rotatable bonds is 8. The quantitative estimate of drug-likeness (QED) is 0.652. The Morgan fingerprint density at radius 1 is 1.04 bits per heavy atom. The highest BCUT2D eigenvalue weighted by Gasteiger charge is 2.19. The smallest absolute Gasteiger partial charge is 0.338 e. The summed E-state index contributed by atoms with van der Waals surface area (Å²) in [7, 11) is 2.96. The number of hydrogen-bond donors (Lipinski definition) is 0. The predicted molar refractivity (Wildman–Crippen MR) is 104 cm³/mol. The minimum Gasteiger partial charge on any atom is -0.493 e. The number of methoxy groups -OCH3 is 2. The summed E-state index contributed by atoms with van der Waals surface area (Å²) in [6.07, 6.45) is 0.170. The minimum atomic E-state index is -0.654. The van der Waals surface area contributed by atoms with E-state index in [1.165, 1.54) is 31.3 Å². The molecule has 2 rings (SSSR count). The van der Waals surface area contributed by atoms with E-state index in [2.05, 4.69) is 0 Å². The third-order valence-corrected chi connectivity index (χ3v) is 4.04. The Bertz CT molecular complexity index is 871. The molecule has 0 radical (unpaired) electrons. The summed E-state index contributed by atoms with van der Waals surface area (Å²) in [5, 5.41) is 8.85. The molecule has 0 saturated carbocycles. The molecule has 0 spiro atoms. The van der Waals surface area contributed by atoms with Crippen molar-refractivity contribution in [3.05, 3.63) is 53.6 Å². The van der Waals surface area contributed by atoms with Gasteiger partial charge in [-0.25, -0.2) is 4.79 Å². The van der Waals surface area contributed by atoms with E-state index < -0.39 is 18.5 Å². The van der Waals surface area contributed by atoms with Crippen molar-refractivity contribution in [3.8, 4) is 17.6 Å². The normalized spacial score (nSPS) is 9.93. The summed E-state index contributed by atoms with van der Waals surface area (Å²) in [6.45, 7) is 1.72. The Labute approximate surface area is 164 Å². The van der Waals surface area contributed by atoms with E-state index in [9.17, 15) is 9.59 Å². The van der Waals surface area contributed by atoms with E-state index >= 15 is 0 Å². The lowest BCUT2D eigenvalue weighted by molar-refractivity contribution is -0.121. The molecule has 7 nitrogen and oxygen atoms in total. The van der Waals surface area contributed by atoms with Gasteiger partial charge in [-0.05, 0) is 37.3 Å². The van der Waals surface area contributed by atoms with Crippen LogP contribution in [0.25, 0.3) is 0 Å². The van der Waals surface area contributed by atoms with Gasteiger partial charge in [0.1, 0.15) is 0 Å². The molecular weight excluding hydrogens is 360 g/mol. The van der Waals surface area contributed by atoms with Crippen LogP contribution in [0.3, 0.4) is 0 Å². The minimum absolute atomic E-state index is 0.170.